The maximum atomic E-state index is 12.3. The topological polar surface area (TPSA) is 71.8 Å². The summed E-state index contributed by atoms with van der Waals surface area (Å²) in [6.45, 7) is 4.50. The van der Waals surface area contributed by atoms with Crippen LogP contribution in [-0.4, -0.2) is 40.5 Å². The van der Waals surface area contributed by atoms with E-state index in [0.717, 1.165) is 41.8 Å². The summed E-state index contributed by atoms with van der Waals surface area (Å²) in [6, 6.07) is 4.43. The molecule has 1 aliphatic rings. The summed E-state index contributed by atoms with van der Waals surface area (Å²) >= 11 is 5.13. The Morgan fingerprint density at radius 2 is 2.26 bits per heavy atom. The number of nitrogens with zero attached hydrogens (tertiary/aromatic N) is 3. The van der Waals surface area contributed by atoms with E-state index in [1.54, 1.807) is 11.3 Å². The molecule has 0 unspecified atom stereocenters. The van der Waals surface area contributed by atoms with Crippen molar-refractivity contribution in [2.75, 3.05) is 19.6 Å². The zero-order valence-electron chi connectivity index (χ0n) is 13.0. The van der Waals surface area contributed by atoms with Crippen LogP contribution in [-0.2, 0) is 6.42 Å². The van der Waals surface area contributed by atoms with E-state index < -0.39 is 0 Å². The van der Waals surface area contributed by atoms with Gasteiger partial charge in [0.05, 0.1) is 15.5 Å². The van der Waals surface area contributed by atoms with Gasteiger partial charge < -0.3 is 10.6 Å². The van der Waals surface area contributed by atoms with Crippen LogP contribution < -0.4 is 10.6 Å². The molecule has 3 rings (SSSR count). The number of nitrogens with one attached hydrogen (secondary N) is 2. The smallest absolute Gasteiger partial charge is 0.273 e. The largest absolute Gasteiger partial charge is 0.350 e. The van der Waals surface area contributed by atoms with Crippen molar-refractivity contribution in [1.82, 2.24) is 25.6 Å². The maximum Gasteiger partial charge on any atom is 0.273 e. The standard InChI is InChI=1S/C15H20BrN5OS/c1-10-14(19-20-21(10)11-4-7-17-8-5-11)15(22)18-9-6-12-2-3-13(16)23-12/h2-3,11,17H,4-9H2,1H3,(H,18,22). The summed E-state index contributed by atoms with van der Waals surface area (Å²) in [5.41, 5.74) is 1.30. The fraction of sp³-hybridized carbons (Fsp3) is 0.533. The fourth-order valence-corrected chi connectivity index (χ4v) is 4.30. The van der Waals surface area contributed by atoms with E-state index in [2.05, 4.69) is 42.9 Å². The molecule has 1 fully saturated rings. The first kappa shape index (κ1) is 16.6. The van der Waals surface area contributed by atoms with Crippen LogP contribution >= 0.6 is 27.3 Å². The van der Waals surface area contributed by atoms with E-state index in [9.17, 15) is 4.79 Å². The Morgan fingerprint density at radius 1 is 1.48 bits per heavy atom. The summed E-state index contributed by atoms with van der Waals surface area (Å²) < 4.78 is 3.02. The molecule has 0 saturated carbocycles. The zero-order valence-corrected chi connectivity index (χ0v) is 15.4. The van der Waals surface area contributed by atoms with Gasteiger partial charge in [-0.2, -0.15) is 0 Å². The van der Waals surface area contributed by atoms with Gasteiger partial charge in [-0.1, -0.05) is 5.21 Å². The van der Waals surface area contributed by atoms with Crippen LogP contribution in [0, 0.1) is 6.92 Å². The minimum absolute atomic E-state index is 0.140. The van der Waals surface area contributed by atoms with Gasteiger partial charge in [-0.3, -0.25) is 4.79 Å². The first-order valence-electron chi connectivity index (χ1n) is 7.80. The summed E-state index contributed by atoms with van der Waals surface area (Å²) in [6.07, 6.45) is 2.88. The minimum Gasteiger partial charge on any atom is -0.350 e. The predicted octanol–water partition coefficient (Wildman–Crippen LogP) is 2.31. The van der Waals surface area contributed by atoms with Crippen molar-refractivity contribution in [2.24, 2.45) is 0 Å². The van der Waals surface area contributed by atoms with Crippen molar-refractivity contribution in [1.29, 1.82) is 0 Å². The van der Waals surface area contributed by atoms with Gasteiger partial charge in [0.15, 0.2) is 5.69 Å². The highest BCUT2D eigenvalue weighted by molar-refractivity contribution is 9.11. The first-order valence-corrected chi connectivity index (χ1v) is 9.41. The molecule has 8 heteroatoms. The van der Waals surface area contributed by atoms with Crippen LogP contribution in [0.1, 0.15) is 39.9 Å². The van der Waals surface area contributed by atoms with Crippen molar-refractivity contribution in [3.05, 3.63) is 32.2 Å². The summed E-state index contributed by atoms with van der Waals surface area (Å²) in [5.74, 6) is -0.140. The maximum absolute atomic E-state index is 12.3. The van der Waals surface area contributed by atoms with Crippen molar-refractivity contribution in [3.8, 4) is 0 Å². The molecule has 0 atom stereocenters. The van der Waals surface area contributed by atoms with Crippen molar-refractivity contribution in [2.45, 2.75) is 32.2 Å². The third-order valence-corrected chi connectivity index (χ3v) is 5.77. The molecule has 1 aliphatic heterocycles. The third-order valence-electron chi connectivity index (χ3n) is 4.08. The third kappa shape index (κ3) is 3.99. The lowest BCUT2D eigenvalue weighted by atomic mass is 10.1. The number of carbonyl (C=O) groups excluding carboxylic acids is 1. The van der Waals surface area contributed by atoms with Gasteiger partial charge in [0.1, 0.15) is 0 Å². The van der Waals surface area contributed by atoms with Gasteiger partial charge >= 0.3 is 0 Å². The van der Waals surface area contributed by atoms with E-state index in [4.69, 9.17) is 0 Å². The number of hydrogen-bond donors (Lipinski definition) is 2. The van der Waals surface area contributed by atoms with Crippen LogP contribution in [0.2, 0.25) is 0 Å². The molecule has 2 aromatic rings. The average molecular weight is 398 g/mol. The molecule has 124 valence electrons. The lowest BCUT2D eigenvalue weighted by molar-refractivity contribution is 0.0948. The van der Waals surface area contributed by atoms with E-state index in [0.29, 0.717) is 18.3 Å². The molecule has 1 saturated heterocycles. The number of thiophene rings is 1. The average Bonchev–Trinajstić information content (AvgIpc) is 3.14. The Balaban J connectivity index is 1.57. The van der Waals surface area contributed by atoms with Crippen LogP contribution in [0.4, 0.5) is 0 Å². The van der Waals surface area contributed by atoms with Crippen LogP contribution in [0.25, 0.3) is 0 Å². The minimum atomic E-state index is -0.140. The molecule has 2 N–H and O–H groups in total. The second-order valence-electron chi connectivity index (χ2n) is 5.66. The van der Waals surface area contributed by atoms with Crippen LogP contribution in [0.3, 0.4) is 0 Å². The summed E-state index contributed by atoms with van der Waals surface area (Å²) in [5, 5.41) is 14.6. The van der Waals surface area contributed by atoms with Gasteiger partial charge in [0, 0.05) is 11.4 Å². The molecule has 0 bridgehead atoms. The molecule has 3 heterocycles. The summed E-state index contributed by atoms with van der Waals surface area (Å²) in [7, 11) is 0. The number of aromatic nitrogens is 3. The Kier molecular flexibility index (Phi) is 5.45. The Hall–Kier alpha value is -1.25. The summed E-state index contributed by atoms with van der Waals surface area (Å²) in [4.78, 5) is 13.6. The molecule has 6 nitrogen and oxygen atoms in total. The van der Waals surface area contributed by atoms with E-state index in [1.165, 1.54) is 4.88 Å². The predicted molar refractivity (Wildman–Crippen MR) is 94.0 cm³/mol. The molecule has 2 aromatic heterocycles. The second-order valence-corrected chi connectivity index (χ2v) is 8.21. The van der Waals surface area contributed by atoms with Crippen molar-refractivity contribution in [3.63, 3.8) is 0 Å². The Labute approximate surface area is 147 Å². The quantitative estimate of drug-likeness (QED) is 0.811. The van der Waals surface area contributed by atoms with Gasteiger partial charge in [-0.15, -0.1) is 16.4 Å². The van der Waals surface area contributed by atoms with Gasteiger partial charge in [0.25, 0.3) is 5.91 Å². The SMILES string of the molecule is Cc1c(C(=O)NCCc2ccc(Br)s2)nnn1C1CCNCC1. The number of hydrogen-bond acceptors (Lipinski definition) is 5. The van der Waals surface area contributed by atoms with Gasteiger partial charge in [0.2, 0.25) is 0 Å². The van der Waals surface area contributed by atoms with Crippen molar-refractivity contribution >= 4 is 33.2 Å². The Morgan fingerprint density at radius 3 is 2.96 bits per heavy atom. The molecule has 0 aliphatic carbocycles. The lowest BCUT2D eigenvalue weighted by Crippen LogP contribution is -2.30. The number of rotatable bonds is 5. The Bertz CT molecular complexity index is 677. The number of piperidine rings is 1. The number of halogens is 1. The molecular weight excluding hydrogens is 378 g/mol. The fourth-order valence-electron chi connectivity index (χ4n) is 2.82. The lowest BCUT2D eigenvalue weighted by Gasteiger charge is -2.23. The van der Waals surface area contributed by atoms with Crippen LogP contribution in [0.5, 0.6) is 0 Å². The number of carbonyl (C=O) groups is 1. The monoisotopic (exact) mass is 397 g/mol. The second kappa shape index (κ2) is 7.55. The highest BCUT2D eigenvalue weighted by Crippen LogP contribution is 2.22. The molecule has 23 heavy (non-hydrogen) atoms. The molecule has 1 amide bonds. The van der Waals surface area contributed by atoms with E-state index >= 15 is 0 Å². The van der Waals surface area contributed by atoms with Gasteiger partial charge in [-0.05, 0) is 67.3 Å². The highest BCUT2D eigenvalue weighted by Gasteiger charge is 2.22. The molecule has 0 aromatic carbocycles. The molecular formula is C15H20BrN5OS. The number of amides is 1. The van der Waals surface area contributed by atoms with E-state index in [1.807, 2.05) is 17.7 Å². The van der Waals surface area contributed by atoms with Crippen LogP contribution in [0.15, 0.2) is 15.9 Å². The molecule has 0 spiro atoms. The van der Waals surface area contributed by atoms with Gasteiger partial charge in [-0.25, -0.2) is 4.68 Å². The van der Waals surface area contributed by atoms with E-state index in [-0.39, 0.29) is 5.91 Å². The first-order chi connectivity index (χ1) is 11.1. The normalized spacial score (nSPS) is 15.7. The van der Waals surface area contributed by atoms with Crippen molar-refractivity contribution < 1.29 is 4.79 Å². The zero-order chi connectivity index (χ0) is 16.2. The highest BCUT2D eigenvalue weighted by atomic mass is 79.9. The molecule has 0 radical (unpaired) electrons.